The fraction of sp³-hybridized carbons (Fsp3) is 0.429. The first-order valence-electron chi connectivity index (χ1n) is 9.11. The number of nitrogens with two attached hydrogens (primary N) is 1. The maximum atomic E-state index is 6.39. The van der Waals surface area contributed by atoms with Crippen molar-refractivity contribution in [3.05, 3.63) is 48.5 Å². The maximum absolute atomic E-state index is 6.39. The molecule has 2 N–H and O–H groups in total. The van der Waals surface area contributed by atoms with Crippen LogP contribution in [0.3, 0.4) is 0 Å². The van der Waals surface area contributed by atoms with Gasteiger partial charge < -0.3 is 9.47 Å². The second-order valence-electron chi connectivity index (χ2n) is 6.57. The predicted molar refractivity (Wildman–Crippen MR) is 111 cm³/mol. The molecule has 0 saturated carbocycles. The normalized spacial score (nSPS) is 20.6. The molecule has 26 heavy (non-hydrogen) atoms. The second-order valence-corrected chi connectivity index (χ2v) is 8.70. The van der Waals surface area contributed by atoms with Gasteiger partial charge in [-0.25, -0.2) is 0 Å². The van der Waals surface area contributed by atoms with Crippen molar-refractivity contribution in [1.82, 2.24) is 0 Å². The van der Waals surface area contributed by atoms with Crippen molar-refractivity contribution in [2.75, 3.05) is 18.6 Å². The summed E-state index contributed by atoms with van der Waals surface area (Å²) in [4.78, 5) is 2.40. The number of benzene rings is 2. The van der Waals surface area contributed by atoms with E-state index in [2.05, 4.69) is 31.2 Å². The van der Waals surface area contributed by atoms with Crippen LogP contribution in [-0.4, -0.2) is 24.8 Å². The van der Waals surface area contributed by atoms with E-state index in [9.17, 15) is 0 Å². The number of hydrogen-bond donors (Lipinski definition) is 1. The van der Waals surface area contributed by atoms with Crippen LogP contribution in [0.25, 0.3) is 0 Å². The minimum Gasteiger partial charge on any atom is -0.496 e. The molecular formula is C21H27NO2S2. The SMILES string of the molecule is CC[C@@H](CSc1ccccc1OC)C[C@H]1CSc2ccccc2OC1N. The van der Waals surface area contributed by atoms with Crippen LogP contribution in [0, 0.1) is 11.8 Å². The minimum absolute atomic E-state index is 0.239. The summed E-state index contributed by atoms with van der Waals surface area (Å²) in [5.41, 5.74) is 6.39. The molecule has 1 unspecified atom stereocenters. The van der Waals surface area contributed by atoms with Crippen molar-refractivity contribution in [3.63, 3.8) is 0 Å². The Bertz CT molecular complexity index is 710. The molecule has 3 rings (SSSR count). The zero-order chi connectivity index (χ0) is 18.4. The number of methoxy groups -OCH3 is 1. The second kappa shape index (κ2) is 9.58. The van der Waals surface area contributed by atoms with Crippen molar-refractivity contribution in [2.45, 2.75) is 35.8 Å². The van der Waals surface area contributed by atoms with Crippen molar-refractivity contribution in [1.29, 1.82) is 0 Å². The van der Waals surface area contributed by atoms with Gasteiger partial charge in [0.05, 0.1) is 7.11 Å². The van der Waals surface area contributed by atoms with E-state index in [1.165, 1.54) is 9.79 Å². The third-order valence-electron chi connectivity index (χ3n) is 4.79. The quantitative estimate of drug-likeness (QED) is 0.652. The van der Waals surface area contributed by atoms with Crippen LogP contribution in [0.2, 0.25) is 0 Å². The molecule has 0 bridgehead atoms. The first-order valence-corrected chi connectivity index (χ1v) is 11.1. The van der Waals surface area contributed by atoms with Gasteiger partial charge in [-0.15, -0.1) is 23.5 Å². The van der Waals surface area contributed by atoms with Crippen LogP contribution in [0.15, 0.2) is 58.3 Å². The van der Waals surface area contributed by atoms with E-state index in [0.29, 0.717) is 11.8 Å². The van der Waals surface area contributed by atoms with Crippen LogP contribution in [0.4, 0.5) is 0 Å². The molecule has 0 aromatic heterocycles. The van der Waals surface area contributed by atoms with Crippen molar-refractivity contribution in [2.24, 2.45) is 17.6 Å². The molecule has 3 nitrogen and oxygen atoms in total. The van der Waals surface area contributed by atoms with Gasteiger partial charge in [-0.05, 0) is 36.6 Å². The Hall–Kier alpha value is -1.30. The lowest BCUT2D eigenvalue weighted by atomic mass is 9.94. The molecular weight excluding hydrogens is 362 g/mol. The van der Waals surface area contributed by atoms with Crippen molar-refractivity contribution >= 4 is 23.5 Å². The van der Waals surface area contributed by atoms with Crippen molar-refractivity contribution in [3.8, 4) is 11.5 Å². The first kappa shape index (κ1) is 19.5. The fourth-order valence-electron chi connectivity index (χ4n) is 3.13. The van der Waals surface area contributed by atoms with E-state index in [4.69, 9.17) is 15.2 Å². The van der Waals surface area contributed by atoms with E-state index in [0.717, 1.165) is 35.8 Å². The number of para-hydroxylation sites is 2. The number of thioether (sulfide) groups is 2. The molecule has 0 aliphatic carbocycles. The lowest BCUT2D eigenvalue weighted by molar-refractivity contribution is 0.135. The highest BCUT2D eigenvalue weighted by atomic mass is 32.2. The number of fused-ring (bicyclic) bond motifs is 1. The molecule has 0 spiro atoms. The summed E-state index contributed by atoms with van der Waals surface area (Å²) in [5, 5.41) is 0. The molecule has 0 saturated heterocycles. The lowest BCUT2D eigenvalue weighted by Gasteiger charge is -2.25. The molecule has 2 aromatic carbocycles. The Balaban J connectivity index is 1.59. The Morgan fingerprint density at radius 2 is 2.00 bits per heavy atom. The summed E-state index contributed by atoms with van der Waals surface area (Å²) in [7, 11) is 1.73. The van der Waals surface area contributed by atoms with Gasteiger partial charge in [0, 0.05) is 27.2 Å². The zero-order valence-electron chi connectivity index (χ0n) is 15.4. The summed E-state index contributed by atoms with van der Waals surface area (Å²) in [6, 6.07) is 16.4. The summed E-state index contributed by atoms with van der Waals surface area (Å²) in [6.45, 7) is 2.26. The van der Waals surface area contributed by atoms with E-state index < -0.39 is 0 Å². The molecule has 0 radical (unpaired) electrons. The summed E-state index contributed by atoms with van der Waals surface area (Å²) < 4.78 is 11.5. The molecule has 2 aromatic rings. The average molecular weight is 390 g/mol. The summed E-state index contributed by atoms with van der Waals surface area (Å²) >= 11 is 3.74. The van der Waals surface area contributed by atoms with Gasteiger partial charge in [0.1, 0.15) is 11.5 Å². The maximum Gasteiger partial charge on any atom is 0.151 e. The third kappa shape index (κ3) is 4.90. The van der Waals surface area contributed by atoms with Gasteiger partial charge in [0.2, 0.25) is 0 Å². The Kier molecular flexibility index (Phi) is 7.17. The molecule has 3 atom stereocenters. The number of hydrogen-bond acceptors (Lipinski definition) is 5. The summed E-state index contributed by atoms with van der Waals surface area (Å²) in [5.74, 6) is 4.91. The van der Waals surface area contributed by atoms with Gasteiger partial charge in [-0.2, -0.15) is 0 Å². The van der Waals surface area contributed by atoms with E-state index in [1.54, 1.807) is 7.11 Å². The Morgan fingerprint density at radius 3 is 2.81 bits per heavy atom. The van der Waals surface area contributed by atoms with Crippen LogP contribution < -0.4 is 15.2 Å². The Morgan fingerprint density at radius 1 is 1.23 bits per heavy atom. The molecule has 1 heterocycles. The first-order chi connectivity index (χ1) is 12.7. The van der Waals surface area contributed by atoms with E-state index >= 15 is 0 Å². The highest BCUT2D eigenvalue weighted by molar-refractivity contribution is 7.99. The predicted octanol–water partition coefficient (Wildman–Crippen LogP) is 5.29. The van der Waals surface area contributed by atoms with Crippen LogP contribution in [0.1, 0.15) is 19.8 Å². The highest BCUT2D eigenvalue weighted by Crippen LogP contribution is 2.38. The molecule has 5 heteroatoms. The third-order valence-corrected chi connectivity index (χ3v) is 7.32. The van der Waals surface area contributed by atoms with Gasteiger partial charge in [-0.1, -0.05) is 37.6 Å². The van der Waals surface area contributed by atoms with Crippen LogP contribution in [0.5, 0.6) is 11.5 Å². The zero-order valence-corrected chi connectivity index (χ0v) is 17.0. The highest BCUT2D eigenvalue weighted by Gasteiger charge is 2.27. The fourth-order valence-corrected chi connectivity index (χ4v) is 5.54. The van der Waals surface area contributed by atoms with Gasteiger partial charge in [-0.3, -0.25) is 5.73 Å². The van der Waals surface area contributed by atoms with Gasteiger partial charge in [0.15, 0.2) is 6.23 Å². The molecule has 0 amide bonds. The van der Waals surface area contributed by atoms with E-state index in [1.807, 2.05) is 47.8 Å². The minimum atomic E-state index is -0.239. The molecule has 0 fully saturated rings. The lowest BCUT2D eigenvalue weighted by Crippen LogP contribution is -2.37. The molecule has 140 valence electrons. The van der Waals surface area contributed by atoms with Gasteiger partial charge in [0.25, 0.3) is 0 Å². The standard InChI is InChI=1S/C21H27NO2S2/c1-3-15(13-25-19-10-6-4-8-17(19)23-2)12-16-14-26-20-11-7-5-9-18(20)24-21(16)22/h4-11,15-16,21H,3,12-14,22H2,1-2H3/t15-,16+,21?/m1/s1. The van der Waals surface area contributed by atoms with Gasteiger partial charge >= 0.3 is 0 Å². The number of rotatable bonds is 7. The van der Waals surface area contributed by atoms with E-state index in [-0.39, 0.29) is 6.23 Å². The topological polar surface area (TPSA) is 44.5 Å². The largest absolute Gasteiger partial charge is 0.496 e. The Labute approximate surface area is 165 Å². The number of ether oxygens (including phenoxy) is 2. The molecule has 1 aliphatic rings. The van der Waals surface area contributed by atoms with Crippen LogP contribution >= 0.6 is 23.5 Å². The van der Waals surface area contributed by atoms with Crippen molar-refractivity contribution < 1.29 is 9.47 Å². The summed E-state index contributed by atoms with van der Waals surface area (Å²) in [6.07, 6.45) is 1.99. The monoisotopic (exact) mass is 389 g/mol. The van der Waals surface area contributed by atoms with Crippen LogP contribution in [-0.2, 0) is 0 Å². The smallest absolute Gasteiger partial charge is 0.151 e. The molecule has 1 aliphatic heterocycles. The average Bonchev–Trinajstić information content (AvgIpc) is 2.83.